The minimum absolute atomic E-state index is 0.135. The second-order valence-electron chi connectivity index (χ2n) is 7.11. The Morgan fingerprint density at radius 3 is 2.21 bits per heavy atom. The Morgan fingerprint density at radius 2 is 1.52 bits per heavy atom. The first-order valence-electron chi connectivity index (χ1n) is 9.37. The molecule has 0 aliphatic carbocycles. The lowest BCUT2D eigenvalue weighted by Crippen LogP contribution is -2.19. The van der Waals surface area contributed by atoms with Crippen LogP contribution >= 0.6 is 0 Å². The zero-order valence-corrected chi connectivity index (χ0v) is 17.5. The van der Waals surface area contributed by atoms with Crippen LogP contribution in [0, 0.1) is 6.92 Å². The van der Waals surface area contributed by atoms with Crippen molar-refractivity contribution in [1.82, 2.24) is 0 Å². The highest BCUT2D eigenvalue weighted by atomic mass is 32.2. The first-order chi connectivity index (χ1) is 13.8. The van der Waals surface area contributed by atoms with Crippen LogP contribution in [-0.4, -0.2) is 14.3 Å². The molecule has 2 N–H and O–H groups in total. The number of hydrogen-bond acceptors (Lipinski definition) is 3. The van der Waals surface area contributed by atoms with E-state index in [1.807, 2.05) is 25.1 Å². The van der Waals surface area contributed by atoms with Crippen molar-refractivity contribution in [2.45, 2.75) is 31.6 Å². The Hall–Kier alpha value is -3.12. The van der Waals surface area contributed by atoms with Crippen LogP contribution in [0.2, 0.25) is 0 Å². The van der Waals surface area contributed by atoms with E-state index in [1.165, 1.54) is 12.1 Å². The van der Waals surface area contributed by atoms with Gasteiger partial charge in [0.05, 0.1) is 16.1 Å². The number of carbonyl (C=O) groups is 1. The monoisotopic (exact) mass is 408 g/mol. The average molecular weight is 409 g/mol. The number of carbonyl (C=O) groups excluding carboxylic acids is 1. The first kappa shape index (κ1) is 20.6. The highest BCUT2D eigenvalue weighted by Gasteiger charge is 2.20. The van der Waals surface area contributed by atoms with Gasteiger partial charge >= 0.3 is 0 Å². The summed E-state index contributed by atoms with van der Waals surface area (Å²) < 4.78 is 27.9. The lowest BCUT2D eigenvalue weighted by molar-refractivity contribution is 0.102. The quantitative estimate of drug-likeness (QED) is 0.591. The van der Waals surface area contributed by atoms with E-state index in [-0.39, 0.29) is 28.0 Å². The standard InChI is InChI=1S/C23H24N2O3S/c1-16(2)19-14-9-10-17(3)22(19)24-23(26)20-13-7-8-15-21(20)25-29(27,28)18-11-5-4-6-12-18/h4-16,25H,1-3H3,(H,24,26). The van der Waals surface area contributed by atoms with Crippen molar-refractivity contribution in [1.29, 1.82) is 0 Å². The van der Waals surface area contributed by atoms with Gasteiger partial charge in [-0.1, -0.05) is 62.4 Å². The molecule has 3 aromatic carbocycles. The van der Waals surface area contributed by atoms with Gasteiger partial charge < -0.3 is 5.32 Å². The number of para-hydroxylation sites is 2. The molecule has 0 spiro atoms. The summed E-state index contributed by atoms with van der Waals surface area (Å²) in [5.41, 5.74) is 3.22. The number of amides is 1. The fourth-order valence-corrected chi connectivity index (χ4v) is 4.20. The van der Waals surface area contributed by atoms with Crippen molar-refractivity contribution >= 4 is 27.3 Å². The Kier molecular flexibility index (Phi) is 6.03. The topological polar surface area (TPSA) is 75.3 Å². The van der Waals surface area contributed by atoms with E-state index in [2.05, 4.69) is 23.9 Å². The summed E-state index contributed by atoms with van der Waals surface area (Å²) in [6, 6.07) is 20.5. The fourth-order valence-electron chi connectivity index (χ4n) is 3.10. The van der Waals surface area contributed by atoms with Gasteiger partial charge in [-0.2, -0.15) is 0 Å². The minimum atomic E-state index is -3.80. The number of hydrogen-bond donors (Lipinski definition) is 2. The normalized spacial score (nSPS) is 11.3. The van der Waals surface area contributed by atoms with Gasteiger partial charge in [-0.3, -0.25) is 9.52 Å². The number of nitrogens with one attached hydrogen (secondary N) is 2. The van der Waals surface area contributed by atoms with Crippen LogP contribution in [0.1, 0.15) is 41.3 Å². The average Bonchev–Trinajstić information content (AvgIpc) is 2.70. The molecule has 29 heavy (non-hydrogen) atoms. The van der Waals surface area contributed by atoms with Crippen molar-refractivity contribution in [2.24, 2.45) is 0 Å². The lowest BCUT2D eigenvalue weighted by Gasteiger charge is -2.18. The Bertz CT molecular complexity index is 1120. The van der Waals surface area contributed by atoms with Crippen LogP contribution in [0.15, 0.2) is 77.7 Å². The van der Waals surface area contributed by atoms with Gasteiger partial charge in [0.1, 0.15) is 0 Å². The maximum absolute atomic E-state index is 13.0. The molecule has 0 unspecified atom stereocenters. The van der Waals surface area contributed by atoms with Crippen LogP contribution in [0.3, 0.4) is 0 Å². The van der Waals surface area contributed by atoms with Gasteiger partial charge in [0, 0.05) is 5.69 Å². The predicted molar refractivity (Wildman–Crippen MR) is 117 cm³/mol. The predicted octanol–water partition coefficient (Wildman–Crippen LogP) is 5.17. The second-order valence-corrected chi connectivity index (χ2v) is 8.79. The van der Waals surface area contributed by atoms with E-state index in [0.717, 1.165) is 16.8 Å². The molecule has 0 aromatic heterocycles. The zero-order chi connectivity index (χ0) is 21.0. The Balaban J connectivity index is 1.93. The highest BCUT2D eigenvalue weighted by molar-refractivity contribution is 7.92. The van der Waals surface area contributed by atoms with E-state index in [0.29, 0.717) is 0 Å². The molecule has 3 rings (SSSR count). The van der Waals surface area contributed by atoms with Crippen LogP contribution in [0.25, 0.3) is 0 Å². The third-order valence-electron chi connectivity index (χ3n) is 4.64. The SMILES string of the molecule is Cc1cccc(C(C)C)c1NC(=O)c1ccccc1NS(=O)(=O)c1ccccc1. The van der Waals surface area contributed by atoms with E-state index in [4.69, 9.17) is 0 Å². The molecule has 0 heterocycles. The van der Waals surface area contributed by atoms with Crippen LogP contribution in [0.4, 0.5) is 11.4 Å². The molecule has 0 bridgehead atoms. The van der Waals surface area contributed by atoms with Gasteiger partial charge in [0.15, 0.2) is 0 Å². The molecule has 0 fully saturated rings. The van der Waals surface area contributed by atoms with Gasteiger partial charge in [0.25, 0.3) is 15.9 Å². The van der Waals surface area contributed by atoms with Crippen molar-refractivity contribution in [3.8, 4) is 0 Å². The van der Waals surface area contributed by atoms with Crippen molar-refractivity contribution in [3.63, 3.8) is 0 Å². The molecule has 0 aliphatic heterocycles. The Morgan fingerprint density at radius 1 is 0.862 bits per heavy atom. The maximum Gasteiger partial charge on any atom is 0.261 e. The number of rotatable bonds is 6. The van der Waals surface area contributed by atoms with E-state index in [1.54, 1.807) is 42.5 Å². The van der Waals surface area contributed by atoms with Gasteiger partial charge in [-0.05, 0) is 48.2 Å². The summed E-state index contributed by atoms with van der Waals surface area (Å²) in [5, 5.41) is 2.97. The van der Waals surface area contributed by atoms with Crippen molar-refractivity contribution in [2.75, 3.05) is 10.0 Å². The summed E-state index contributed by atoms with van der Waals surface area (Å²) in [4.78, 5) is 13.2. The smallest absolute Gasteiger partial charge is 0.261 e. The lowest BCUT2D eigenvalue weighted by atomic mass is 9.98. The summed E-state index contributed by atoms with van der Waals surface area (Å²) in [7, 11) is -3.80. The van der Waals surface area contributed by atoms with E-state index < -0.39 is 10.0 Å². The molecule has 1 amide bonds. The molecule has 0 atom stereocenters. The van der Waals surface area contributed by atoms with Crippen molar-refractivity contribution < 1.29 is 13.2 Å². The zero-order valence-electron chi connectivity index (χ0n) is 16.6. The second kappa shape index (κ2) is 8.49. The minimum Gasteiger partial charge on any atom is -0.321 e. The highest BCUT2D eigenvalue weighted by Crippen LogP contribution is 2.29. The summed E-state index contributed by atoms with van der Waals surface area (Å²) >= 11 is 0. The van der Waals surface area contributed by atoms with Crippen LogP contribution in [-0.2, 0) is 10.0 Å². The van der Waals surface area contributed by atoms with Crippen molar-refractivity contribution in [3.05, 3.63) is 89.5 Å². The summed E-state index contributed by atoms with van der Waals surface area (Å²) in [5.74, 6) is -0.135. The fraction of sp³-hybridized carbons (Fsp3) is 0.174. The Labute approximate surface area is 171 Å². The molecule has 0 saturated heterocycles. The van der Waals surface area contributed by atoms with Crippen LogP contribution < -0.4 is 10.0 Å². The first-order valence-corrected chi connectivity index (χ1v) is 10.9. The molecule has 6 heteroatoms. The molecular formula is C23H24N2O3S. The summed E-state index contributed by atoms with van der Waals surface area (Å²) in [6.45, 7) is 6.06. The summed E-state index contributed by atoms with van der Waals surface area (Å²) in [6.07, 6.45) is 0. The van der Waals surface area contributed by atoms with E-state index in [9.17, 15) is 13.2 Å². The number of anilines is 2. The molecule has 3 aromatic rings. The molecule has 150 valence electrons. The molecule has 0 aliphatic rings. The number of benzene rings is 3. The maximum atomic E-state index is 13.0. The molecular weight excluding hydrogens is 384 g/mol. The number of sulfonamides is 1. The van der Waals surface area contributed by atoms with E-state index >= 15 is 0 Å². The van der Waals surface area contributed by atoms with Gasteiger partial charge in [0.2, 0.25) is 0 Å². The van der Waals surface area contributed by atoms with Crippen LogP contribution in [0.5, 0.6) is 0 Å². The molecule has 5 nitrogen and oxygen atoms in total. The van der Waals surface area contributed by atoms with Gasteiger partial charge in [-0.25, -0.2) is 8.42 Å². The third-order valence-corrected chi connectivity index (χ3v) is 6.02. The molecule has 0 saturated carbocycles. The largest absolute Gasteiger partial charge is 0.321 e. The third kappa shape index (κ3) is 4.66. The number of aryl methyl sites for hydroxylation is 1. The molecule has 0 radical (unpaired) electrons. The van der Waals surface area contributed by atoms with Gasteiger partial charge in [-0.15, -0.1) is 0 Å².